The first-order chi connectivity index (χ1) is 7.65. The molecule has 0 aliphatic heterocycles. The number of oxazole rings is 1. The molecule has 2 aromatic rings. The molecule has 0 radical (unpaired) electrons. The van der Waals surface area contributed by atoms with Gasteiger partial charge in [0.25, 0.3) is 0 Å². The second-order valence-electron chi connectivity index (χ2n) is 3.68. The lowest BCUT2D eigenvalue weighted by atomic mass is 10.2. The Morgan fingerprint density at radius 1 is 1.31 bits per heavy atom. The molecule has 1 atom stereocenters. The number of rotatable bonds is 3. The van der Waals surface area contributed by atoms with E-state index in [0.717, 1.165) is 11.4 Å². The van der Waals surface area contributed by atoms with Gasteiger partial charge in [0, 0.05) is 5.69 Å². The summed E-state index contributed by atoms with van der Waals surface area (Å²) in [5, 5.41) is 3.18. The summed E-state index contributed by atoms with van der Waals surface area (Å²) in [4.78, 5) is 4.13. The third-order valence-corrected chi connectivity index (χ3v) is 2.24. The monoisotopic (exact) mass is 220 g/mol. The van der Waals surface area contributed by atoms with Crippen LogP contribution in [-0.2, 0) is 0 Å². The maximum absolute atomic E-state index is 12.7. The molecule has 1 aromatic carbocycles. The maximum Gasteiger partial charge on any atom is 0.216 e. The summed E-state index contributed by atoms with van der Waals surface area (Å²) in [6, 6.07) is 6.15. The van der Waals surface area contributed by atoms with Gasteiger partial charge in [-0.15, -0.1) is 0 Å². The van der Waals surface area contributed by atoms with E-state index in [-0.39, 0.29) is 11.9 Å². The average Bonchev–Trinajstić information content (AvgIpc) is 2.68. The van der Waals surface area contributed by atoms with Crippen molar-refractivity contribution in [2.24, 2.45) is 0 Å². The molecule has 1 N–H and O–H groups in total. The molecular weight excluding hydrogens is 207 g/mol. The summed E-state index contributed by atoms with van der Waals surface area (Å²) in [5.41, 5.74) is 0.838. The molecule has 2 rings (SSSR count). The van der Waals surface area contributed by atoms with Crippen molar-refractivity contribution in [1.29, 1.82) is 0 Å². The van der Waals surface area contributed by atoms with Crippen LogP contribution in [0.3, 0.4) is 0 Å². The summed E-state index contributed by atoms with van der Waals surface area (Å²) in [7, 11) is 0. The highest BCUT2D eigenvalue weighted by Gasteiger charge is 2.10. The lowest BCUT2D eigenvalue weighted by Crippen LogP contribution is -2.06. The fourth-order valence-electron chi connectivity index (χ4n) is 1.43. The minimum atomic E-state index is -0.245. The molecule has 3 nitrogen and oxygen atoms in total. The van der Waals surface area contributed by atoms with Crippen molar-refractivity contribution in [2.45, 2.75) is 19.9 Å². The summed E-state index contributed by atoms with van der Waals surface area (Å²) in [5.74, 6) is 1.16. The number of halogens is 1. The zero-order valence-electron chi connectivity index (χ0n) is 9.20. The van der Waals surface area contributed by atoms with E-state index in [1.54, 1.807) is 18.3 Å². The highest BCUT2D eigenvalue weighted by Crippen LogP contribution is 2.18. The highest BCUT2D eigenvalue weighted by atomic mass is 19.1. The van der Waals surface area contributed by atoms with Gasteiger partial charge in [-0.25, -0.2) is 9.37 Å². The third-order valence-electron chi connectivity index (χ3n) is 2.24. The molecule has 1 heterocycles. The van der Waals surface area contributed by atoms with Gasteiger partial charge in [0.05, 0.1) is 6.20 Å². The van der Waals surface area contributed by atoms with Gasteiger partial charge in [0.1, 0.15) is 17.6 Å². The van der Waals surface area contributed by atoms with E-state index in [9.17, 15) is 4.39 Å². The number of nitrogens with zero attached hydrogens (tertiary/aromatic N) is 1. The molecule has 1 aromatic heterocycles. The Morgan fingerprint density at radius 2 is 2.00 bits per heavy atom. The minimum Gasteiger partial charge on any atom is -0.444 e. The van der Waals surface area contributed by atoms with Crippen molar-refractivity contribution in [3.63, 3.8) is 0 Å². The second-order valence-corrected chi connectivity index (χ2v) is 3.68. The van der Waals surface area contributed by atoms with Crippen LogP contribution in [0.15, 0.2) is 34.9 Å². The Labute approximate surface area is 93.3 Å². The van der Waals surface area contributed by atoms with E-state index in [4.69, 9.17) is 4.42 Å². The molecule has 84 valence electrons. The molecular formula is C12H13FN2O. The number of benzene rings is 1. The summed E-state index contributed by atoms with van der Waals surface area (Å²) >= 11 is 0. The van der Waals surface area contributed by atoms with Gasteiger partial charge >= 0.3 is 0 Å². The van der Waals surface area contributed by atoms with E-state index in [1.165, 1.54) is 12.1 Å². The van der Waals surface area contributed by atoms with Crippen LogP contribution in [-0.4, -0.2) is 4.98 Å². The van der Waals surface area contributed by atoms with Crippen LogP contribution in [0.2, 0.25) is 0 Å². The van der Waals surface area contributed by atoms with Gasteiger partial charge in [-0.3, -0.25) is 0 Å². The summed E-state index contributed by atoms with van der Waals surface area (Å²) in [6.07, 6.45) is 1.68. The Balaban J connectivity index is 2.07. The molecule has 0 spiro atoms. The highest BCUT2D eigenvalue weighted by molar-refractivity contribution is 5.44. The summed E-state index contributed by atoms with van der Waals surface area (Å²) in [6.45, 7) is 3.79. The van der Waals surface area contributed by atoms with Crippen LogP contribution < -0.4 is 5.32 Å². The number of hydrogen-bond acceptors (Lipinski definition) is 3. The Kier molecular flexibility index (Phi) is 2.90. The Hall–Kier alpha value is -1.84. The van der Waals surface area contributed by atoms with Crippen LogP contribution in [0.4, 0.5) is 10.1 Å². The fraction of sp³-hybridized carbons (Fsp3) is 0.250. The zero-order chi connectivity index (χ0) is 11.5. The van der Waals surface area contributed by atoms with Crippen LogP contribution in [0.5, 0.6) is 0 Å². The SMILES string of the molecule is Cc1cnc([C@@H](C)Nc2ccc(F)cc2)o1. The Bertz CT molecular complexity index is 464. The molecule has 0 saturated heterocycles. The van der Waals surface area contributed by atoms with Crippen molar-refractivity contribution < 1.29 is 8.81 Å². The van der Waals surface area contributed by atoms with Crippen molar-refractivity contribution in [3.05, 3.63) is 47.9 Å². The van der Waals surface area contributed by atoms with Crippen molar-refractivity contribution in [1.82, 2.24) is 4.98 Å². The van der Waals surface area contributed by atoms with E-state index in [1.807, 2.05) is 13.8 Å². The van der Waals surface area contributed by atoms with E-state index >= 15 is 0 Å². The van der Waals surface area contributed by atoms with E-state index in [0.29, 0.717) is 5.89 Å². The van der Waals surface area contributed by atoms with E-state index < -0.39 is 0 Å². The molecule has 0 saturated carbocycles. The third kappa shape index (κ3) is 2.39. The molecule has 0 bridgehead atoms. The number of nitrogens with one attached hydrogen (secondary N) is 1. The van der Waals surface area contributed by atoms with Gasteiger partial charge in [-0.2, -0.15) is 0 Å². The quantitative estimate of drug-likeness (QED) is 0.862. The topological polar surface area (TPSA) is 38.1 Å². The Morgan fingerprint density at radius 3 is 2.56 bits per heavy atom. The van der Waals surface area contributed by atoms with Crippen molar-refractivity contribution >= 4 is 5.69 Å². The van der Waals surface area contributed by atoms with Crippen LogP contribution in [0.1, 0.15) is 24.6 Å². The standard InChI is InChI=1S/C12H13FN2O/c1-8-7-14-12(16-8)9(2)15-11-5-3-10(13)4-6-11/h3-7,9,15H,1-2H3/t9-/m1/s1. The lowest BCUT2D eigenvalue weighted by Gasteiger charge is -2.11. The molecule has 0 unspecified atom stereocenters. The molecule has 0 aliphatic carbocycles. The molecule has 16 heavy (non-hydrogen) atoms. The molecule has 0 fully saturated rings. The van der Waals surface area contributed by atoms with E-state index in [2.05, 4.69) is 10.3 Å². The number of hydrogen-bond donors (Lipinski definition) is 1. The minimum absolute atomic E-state index is 0.0424. The predicted molar refractivity (Wildman–Crippen MR) is 59.7 cm³/mol. The second kappa shape index (κ2) is 4.35. The average molecular weight is 220 g/mol. The predicted octanol–water partition coefficient (Wildman–Crippen LogP) is 3.30. The van der Waals surface area contributed by atoms with Gasteiger partial charge in [-0.05, 0) is 38.1 Å². The maximum atomic E-state index is 12.7. The van der Waals surface area contributed by atoms with Crippen molar-refractivity contribution in [2.75, 3.05) is 5.32 Å². The zero-order valence-corrected chi connectivity index (χ0v) is 9.20. The van der Waals surface area contributed by atoms with Crippen molar-refractivity contribution in [3.8, 4) is 0 Å². The van der Waals surface area contributed by atoms with Gasteiger partial charge in [-0.1, -0.05) is 0 Å². The van der Waals surface area contributed by atoms with Gasteiger partial charge < -0.3 is 9.73 Å². The van der Waals surface area contributed by atoms with Gasteiger partial charge in [0.15, 0.2) is 0 Å². The first-order valence-corrected chi connectivity index (χ1v) is 5.09. The van der Waals surface area contributed by atoms with Crippen LogP contribution >= 0.6 is 0 Å². The molecule has 0 aliphatic rings. The summed E-state index contributed by atoms with van der Waals surface area (Å²) < 4.78 is 18.1. The first-order valence-electron chi connectivity index (χ1n) is 5.09. The van der Waals surface area contributed by atoms with Crippen LogP contribution in [0.25, 0.3) is 0 Å². The largest absolute Gasteiger partial charge is 0.444 e. The molecule has 4 heteroatoms. The fourth-order valence-corrected chi connectivity index (χ4v) is 1.43. The van der Waals surface area contributed by atoms with Gasteiger partial charge in [0.2, 0.25) is 5.89 Å². The number of anilines is 1. The number of aromatic nitrogens is 1. The molecule has 0 amide bonds. The first kappa shape index (κ1) is 10.7. The normalized spacial score (nSPS) is 12.4. The van der Waals surface area contributed by atoms with Crippen LogP contribution in [0, 0.1) is 12.7 Å². The number of aryl methyl sites for hydroxylation is 1. The smallest absolute Gasteiger partial charge is 0.216 e. The lowest BCUT2D eigenvalue weighted by molar-refractivity contribution is 0.453.